The molecule has 1 aromatic carbocycles. The van der Waals surface area contributed by atoms with Gasteiger partial charge in [0.1, 0.15) is 5.75 Å². The van der Waals surface area contributed by atoms with Crippen LogP contribution < -0.4 is 15.0 Å². The van der Waals surface area contributed by atoms with Crippen LogP contribution in [0.5, 0.6) is 5.75 Å². The molecule has 1 fully saturated rings. The van der Waals surface area contributed by atoms with Gasteiger partial charge in [0.2, 0.25) is 11.8 Å². The predicted molar refractivity (Wildman–Crippen MR) is 86.0 cm³/mol. The molecular formula is C17H24N2O3. The normalized spacial score (nSPS) is 14.6. The Morgan fingerprint density at radius 2 is 2.05 bits per heavy atom. The lowest BCUT2D eigenvalue weighted by molar-refractivity contribution is -0.121. The zero-order chi connectivity index (χ0) is 15.9. The first kappa shape index (κ1) is 16.3. The topological polar surface area (TPSA) is 58.6 Å². The maximum absolute atomic E-state index is 12.0. The van der Waals surface area contributed by atoms with Crippen molar-refractivity contribution >= 4 is 17.5 Å². The number of benzene rings is 1. The maximum atomic E-state index is 12.0. The number of carbonyl (C=O) groups excluding carboxylic acids is 2. The number of carbonyl (C=O) groups is 2. The Morgan fingerprint density at radius 1 is 1.32 bits per heavy atom. The molecular weight excluding hydrogens is 280 g/mol. The Hall–Kier alpha value is -2.04. The molecule has 1 saturated carbocycles. The van der Waals surface area contributed by atoms with Crippen molar-refractivity contribution in [2.24, 2.45) is 0 Å². The lowest BCUT2D eigenvalue weighted by Gasteiger charge is -2.22. The fourth-order valence-corrected chi connectivity index (χ4v) is 2.83. The molecule has 1 N–H and O–H groups in total. The van der Waals surface area contributed by atoms with Gasteiger partial charge < -0.3 is 15.0 Å². The highest BCUT2D eigenvalue weighted by Gasteiger charge is 2.18. The first-order chi connectivity index (χ1) is 10.6. The van der Waals surface area contributed by atoms with Crippen LogP contribution in [0, 0.1) is 0 Å². The van der Waals surface area contributed by atoms with E-state index < -0.39 is 0 Å². The second-order valence-electron chi connectivity index (χ2n) is 5.67. The summed E-state index contributed by atoms with van der Waals surface area (Å²) in [6.07, 6.45) is 4.83. The number of nitrogens with one attached hydrogen (secondary N) is 1. The van der Waals surface area contributed by atoms with Crippen LogP contribution in [0.15, 0.2) is 24.3 Å². The fraction of sp³-hybridized carbons (Fsp3) is 0.529. The van der Waals surface area contributed by atoms with Crippen molar-refractivity contribution in [3.63, 3.8) is 0 Å². The van der Waals surface area contributed by atoms with Gasteiger partial charge in [0.05, 0.1) is 7.11 Å². The lowest BCUT2D eigenvalue weighted by atomic mass is 10.2. The standard InChI is InChI=1S/C17H24N2O3/c1-13(20)19(15-8-5-9-16(12-15)22-2)11-10-17(21)18-14-6-3-4-7-14/h5,8-9,12,14H,3-4,6-7,10-11H2,1-2H3,(H,18,21). The smallest absolute Gasteiger partial charge is 0.223 e. The van der Waals surface area contributed by atoms with Crippen LogP contribution in [-0.4, -0.2) is 31.5 Å². The van der Waals surface area contributed by atoms with Crippen molar-refractivity contribution in [1.82, 2.24) is 5.32 Å². The monoisotopic (exact) mass is 304 g/mol. The zero-order valence-corrected chi connectivity index (χ0v) is 13.3. The largest absolute Gasteiger partial charge is 0.497 e. The Balaban J connectivity index is 1.93. The SMILES string of the molecule is COc1cccc(N(CCC(=O)NC2CCCC2)C(C)=O)c1. The first-order valence-electron chi connectivity index (χ1n) is 7.81. The molecule has 5 nitrogen and oxygen atoms in total. The molecule has 22 heavy (non-hydrogen) atoms. The number of hydrogen-bond acceptors (Lipinski definition) is 3. The molecule has 1 aromatic rings. The minimum absolute atomic E-state index is 0.0149. The molecule has 0 saturated heterocycles. The van der Waals surface area contributed by atoms with Gasteiger partial charge in [0, 0.05) is 37.7 Å². The van der Waals surface area contributed by atoms with Crippen molar-refractivity contribution in [2.45, 2.75) is 45.1 Å². The van der Waals surface area contributed by atoms with Crippen molar-refractivity contribution in [2.75, 3.05) is 18.6 Å². The molecule has 0 bridgehead atoms. The summed E-state index contributed by atoms with van der Waals surface area (Å²) in [5, 5.41) is 3.05. The fourth-order valence-electron chi connectivity index (χ4n) is 2.83. The van der Waals surface area contributed by atoms with E-state index in [-0.39, 0.29) is 11.8 Å². The van der Waals surface area contributed by atoms with Gasteiger partial charge in [-0.15, -0.1) is 0 Å². The number of methoxy groups -OCH3 is 1. The molecule has 0 spiro atoms. The lowest BCUT2D eigenvalue weighted by Crippen LogP contribution is -2.37. The molecule has 2 rings (SSSR count). The van der Waals surface area contributed by atoms with Gasteiger partial charge in [-0.3, -0.25) is 9.59 Å². The van der Waals surface area contributed by atoms with E-state index in [1.54, 1.807) is 18.1 Å². The Bertz CT molecular complexity index is 524. The molecule has 120 valence electrons. The minimum Gasteiger partial charge on any atom is -0.497 e. The highest BCUT2D eigenvalue weighted by Crippen LogP contribution is 2.21. The summed E-state index contributed by atoms with van der Waals surface area (Å²) in [6, 6.07) is 7.63. The third-order valence-electron chi connectivity index (χ3n) is 4.03. The van der Waals surface area contributed by atoms with Gasteiger partial charge in [-0.2, -0.15) is 0 Å². The van der Waals surface area contributed by atoms with Gasteiger partial charge in [-0.25, -0.2) is 0 Å². The second-order valence-corrected chi connectivity index (χ2v) is 5.67. The van der Waals surface area contributed by atoms with Crippen LogP contribution in [0.1, 0.15) is 39.0 Å². The number of ether oxygens (including phenoxy) is 1. The number of nitrogens with zero attached hydrogens (tertiary/aromatic N) is 1. The molecule has 0 aliphatic heterocycles. The van der Waals surface area contributed by atoms with Gasteiger partial charge in [-0.1, -0.05) is 18.9 Å². The van der Waals surface area contributed by atoms with Gasteiger partial charge in [-0.05, 0) is 25.0 Å². The summed E-state index contributed by atoms with van der Waals surface area (Å²) >= 11 is 0. The highest BCUT2D eigenvalue weighted by molar-refractivity contribution is 5.92. The van der Waals surface area contributed by atoms with Crippen LogP contribution in [0.25, 0.3) is 0 Å². The van der Waals surface area contributed by atoms with Gasteiger partial charge in [0.25, 0.3) is 0 Å². The van der Waals surface area contributed by atoms with Crippen LogP contribution in [0.4, 0.5) is 5.69 Å². The van der Waals surface area contributed by atoms with Crippen molar-refractivity contribution in [3.8, 4) is 5.75 Å². The third-order valence-corrected chi connectivity index (χ3v) is 4.03. The molecule has 0 aromatic heterocycles. The number of rotatable bonds is 6. The van der Waals surface area contributed by atoms with Crippen LogP contribution in [-0.2, 0) is 9.59 Å². The molecule has 1 aliphatic rings. The van der Waals surface area contributed by atoms with Crippen LogP contribution >= 0.6 is 0 Å². The Kier molecular flexibility index (Phi) is 5.81. The predicted octanol–water partition coefficient (Wildman–Crippen LogP) is 2.50. The van der Waals surface area contributed by atoms with E-state index in [1.807, 2.05) is 18.2 Å². The van der Waals surface area contributed by atoms with E-state index in [4.69, 9.17) is 4.74 Å². The number of amides is 2. The summed E-state index contributed by atoms with van der Waals surface area (Å²) < 4.78 is 5.18. The van der Waals surface area contributed by atoms with Crippen LogP contribution in [0.2, 0.25) is 0 Å². The number of anilines is 1. The van der Waals surface area contributed by atoms with Crippen molar-refractivity contribution in [1.29, 1.82) is 0 Å². The molecule has 0 radical (unpaired) electrons. The zero-order valence-electron chi connectivity index (χ0n) is 13.3. The second kappa shape index (κ2) is 7.82. The van der Waals surface area contributed by atoms with Crippen molar-refractivity contribution < 1.29 is 14.3 Å². The molecule has 0 unspecified atom stereocenters. The van der Waals surface area contributed by atoms with E-state index in [9.17, 15) is 9.59 Å². The maximum Gasteiger partial charge on any atom is 0.223 e. The summed E-state index contributed by atoms with van der Waals surface area (Å²) in [7, 11) is 1.59. The number of hydrogen-bond donors (Lipinski definition) is 1. The average Bonchev–Trinajstić information content (AvgIpc) is 3.00. The first-order valence-corrected chi connectivity index (χ1v) is 7.81. The van der Waals surface area contributed by atoms with E-state index in [1.165, 1.54) is 19.8 Å². The summed E-state index contributed by atoms with van der Waals surface area (Å²) in [5.41, 5.74) is 0.750. The Labute approximate surface area is 131 Å². The highest BCUT2D eigenvalue weighted by atomic mass is 16.5. The quantitative estimate of drug-likeness (QED) is 0.878. The van der Waals surface area contributed by atoms with E-state index >= 15 is 0 Å². The Morgan fingerprint density at radius 3 is 2.68 bits per heavy atom. The summed E-state index contributed by atoms with van der Waals surface area (Å²) in [5.74, 6) is 0.627. The average molecular weight is 304 g/mol. The molecule has 2 amide bonds. The molecule has 0 heterocycles. The molecule has 5 heteroatoms. The van der Waals surface area contributed by atoms with Gasteiger partial charge >= 0.3 is 0 Å². The van der Waals surface area contributed by atoms with Gasteiger partial charge in [0.15, 0.2) is 0 Å². The molecule has 0 atom stereocenters. The summed E-state index contributed by atoms with van der Waals surface area (Å²) in [4.78, 5) is 25.5. The van der Waals surface area contributed by atoms with E-state index in [0.29, 0.717) is 24.8 Å². The molecule has 1 aliphatic carbocycles. The summed E-state index contributed by atoms with van der Waals surface area (Å²) in [6.45, 7) is 1.88. The minimum atomic E-state index is -0.0816. The van der Waals surface area contributed by atoms with E-state index in [0.717, 1.165) is 18.5 Å². The van der Waals surface area contributed by atoms with Crippen molar-refractivity contribution in [3.05, 3.63) is 24.3 Å². The third kappa shape index (κ3) is 4.48. The van der Waals surface area contributed by atoms with Crippen LogP contribution in [0.3, 0.4) is 0 Å². The van der Waals surface area contributed by atoms with E-state index in [2.05, 4.69) is 5.32 Å².